The van der Waals surface area contributed by atoms with Crippen molar-refractivity contribution in [3.05, 3.63) is 52.1 Å². The smallest absolute Gasteiger partial charge is 0.330 e. The summed E-state index contributed by atoms with van der Waals surface area (Å²) in [6.45, 7) is 1.86. The van der Waals surface area contributed by atoms with Crippen LogP contribution in [0.25, 0.3) is 0 Å². The van der Waals surface area contributed by atoms with E-state index in [0.717, 1.165) is 12.1 Å². The number of carbonyl (C=O) groups is 3. The summed E-state index contributed by atoms with van der Waals surface area (Å²) in [6, 6.07) is 3.98. The zero-order valence-corrected chi connectivity index (χ0v) is 12.9. The van der Waals surface area contributed by atoms with Crippen LogP contribution in [0.3, 0.4) is 0 Å². The number of nitrogens with one attached hydrogen (secondary N) is 1. The van der Waals surface area contributed by atoms with Crippen LogP contribution in [-0.4, -0.2) is 35.4 Å². The van der Waals surface area contributed by atoms with Gasteiger partial charge in [0.1, 0.15) is 6.04 Å². The van der Waals surface area contributed by atoms with Gasteiger partial charge in [-0.1, -0.05) is 12.1 Å². The van der Waals surface area contributed by atoms with Crippen molar-refractivity contribution in [3.63, 3.8) is 0 Å². The predicted octanol–water partition coefficient (Wildman–Crippen LogP) is 0.688. The van der Waals surface area contributed by atoms with E-state index in [1.165, 1.54) is 24.3 Å². The minimum atomic E-state index is -1.07. The van der Waals surface area contributed by atoms with Crippen molar-refractivity contribution in [3.8, 4) is 0 Å². The van der Waals surface area contributed by atoms with Crippen LogP contribution in [0.2, 0.25) is 0 Å². The molecule has 0 aliphatic carbocycles. The van der Waals surface area contributed by atoms with Crippen LogP contribution in [-0.2, 0) is 14.3 Å². The molecule has 0 heterocycles. The van der Waals surface area contributed by atoms with Crippen LogP contribution in [0.5, 0.6) is 0 Å². The fourth-order valence-electron chi connectivity index (χ4n) is 1.74. The molecule has 0 aromatic heterocycles. The first-order valence-electron chi connectivity index (χ1n) is 7.03. The Kier molecular flexibility index (Phi) is 7.08. The number of nitro benzene ring substituents is 1. The van der Waals surface area contributed by atoms with E-state index in [-0.39, 0.29) is 24.3 Å². The van der Waals surface area contributed by atoms with Crippen molar-refractivity contribution in [2.24, 2.45) is 5.73 Å². The lowest BCUT2D eigenvalue weighted by molar-refractivity contribution is -0.384. The molecular formula is C15H17N3O6. The Morgan fingerprint density at radius 3 is 2.71 bits per heavy atom. The van der Waals surface area contributed by atoms with Gasteiger partial charge < -0.3 is 15.8 Å². The zero-order valence-electron chi connectivity index (χ0n) is 12.9. The highest BCUT2D eigenvalue weighted by molar-refractivity contribution is 5.97. The standard InChI is InChI=1S/C15H17N3O6/c1-2-24-13(19)8-4-7-12(14(16)20)17-15(21)10-5-3-6-11(9-10)18(22)23/h3-6,8-9,12H,2,7H2,1H3,(H2,16,20)(H,17,21)/b8-4+/t12-/m1/s1. The molecule has 0 saturated carbocycles. The Labute approximate surface area is 137 Å². The number of nitrogens with two attached hydrogens (primary N) is 1. The summed E-state index contributed by atoms with van der Waals surface area (Å²) >= 11 is 0. The number of primary amides is 1. The van der Waals surface area contributed by atoms with Gasteiger partial charge in [0.2, 0.25) is 5.91 Å². The van der Waals surface area contributed by atoms with Crippen LogP contribution in [0, 0.1) is 10.1 Å². The summed E-state index contributed by atoms with van der Waals surface area (Å²) in [6.07, 6.45) is 2.45. The number of hydrogen-bond donors (Lipinski definition) is 2. The summed E-state index contributed by atoms with van der Waals surface area (Å²) in [5.41, 5.74) is 4.97. The molecule has 9 nitrogen and oxygen atoms in total. The Balaban J connectivity index is 2.76. The second kappa shape index (κ2) is 9.03. The van der Waals surface area contributed by atoms with E-state index in [2.05, 4.69) is 10.1 Å². The van der Waals surface area contributed by atoms with Crippen molar-refractivity contribution >= 4 is 23.5 Å². The van der Waals surface area contributed by atoms with Gasteiger partial charge in [-0.2, -0.15) is 0 Å². The van der Waals surface area contributed by atoms with Gasteiger partial charge in [-0.3, -0.25) is 19.7 Å². The minimum Gasteiger partial charge on any atom is -0.463 e. The van der Waals surface area contributed by atoms with E-state index in [0.29, 0.717) is 0 Å². The number of nitro groups is 1. The van der Waals surface area contributed by atoms with Gasteiger partial charge in [-0.05, 0) is 19.4 Å². The van der Waals surface area contributed by atoms with Crippen molar-refractivity contribution in [1.82, 2.24) is 5.32 Å². The van der Waals surface area contributed by atoms with Crippen molar-refractivity contribution in [2.45, 2.75) is 19.4 Å². The Hall–Kier alpha value is -3.23. The molecular weight excluding hydrogens is 318 g/mol. The molecule has 128 valence electrons. The van der Waals surface area contributed by atoms with E-state index >= 15 is 0 Å². The molecule has 0 radical (unpaired) electrons. The monoisotopic (exact) mass is 335 g/mol. The normalized spacial score (nSPS) is 11.7. The van der Waals surface area contributed by atoms with E-state index in [1.807, 2.05) is 0 Å². The molecule has 9 heteroatoms. The number of nitrogens with zero attached hydrogens (tertiary/aromatic N) is 1. The lowest BCUT2D eigenvalue weighted by Crippen LogP contribution is -2.44. The Bertz CT molecular complexity index is 671. The number of non-ortho nitro benzene ring substituents is 1. The number of hydrogen-bond acceptors (Lipinski definition) is 6. The fourth-order valence-corrected chi connectivity index (χ4v) is 1.74. The molecule has 0 spiro atoms. The van der Waals surface area contributed by atoms with Gasteiger partial charge in [0.15, 0.2) is 0 Å². The maximum Gasteiger partial charge on any atom is 0.330 e. The number of amides is 2. The number of esters is 1. The quantitative estimate of drug-likeness (QED) is 0.310. The average Bonchev–Trinajstić information content (AvgIpc) is 2.54. The van der Waals surface area contributed by atoms with Crippen LogP contribution >= 0.6 is 0 Å². The van der Waals surface area contributed by atoms with E-state index in [9.17, 15) is 24.5 Å². The van der Waals surface area contributed by atoms with Gasteiger partial charge >= 0.3 is 5.97 Å². The van der Waals surface area contributed by atoms with Crippen LogP contribution in [0.15, 0.2) is 36.4 Å². The third kappa shape index (κ3) is 5.87. The summed E-state index contributed by atoms with van der Waals surface area (Å²) in [5.74, 6) is -2.07. The van der Waals surface area contributed by atoms with Crippen LogP contribution < -0.4 is 11.1 Å². The van der Waals surface area contributed by atoms with Crippen molar-refractivity contribution < 1.29 is 24.0 Å². The van der Waals surface area contributed by atoms with Crippen LogP contribution in [0.1, 0.15) is 23.7 Å². The van der Waals surface area contributed by atoms with Gasteiger partial charge in [0.25, 0.3) is 11.6 Å². The van der Waals surface area contributed by atoms with Gasteiger partial charge in [-0.25, -0.2) is 4.79 Å². The molecule has 0 fully saturated rings. The predicted molar refractivity (Wildman–Crippen MR) is 83.9 cm³/mol. The first kappa shape index (κ1) is 18.8. The summed E-state index contributed by atoms with van der Waals surface area (Å²) in [4.78, 5) is 44.7. The molecule has 1 aromatic rings. The fraction of sp³-hybridized carbons (Fsp3) is 0.267. The van der Waals surface area contributed by atoms with Crippen LogP contribution in [0.4, 0.5) is 5.69 Å². The second-order valence-corrected chi connectivity index (χ2v) is 4.63. The number of benzene rings is 1. The van der Waals surface area contributed by atoms with Crippen molar-refractivity contribution in [1.29, 1.82) is 0 Å². The van der Waals surface area contributed by atoms with Crippen molar-refractivity contribution in [2.75, 3.05) is 6.61 Å². The van der Waals surface area contributed by atoms with E-state index < -0.39 is 28.7 Å². The molecule has 1 atom stereocenters. The molecule has 1 aromatic carbocycles. The molecule has 3 N–H and O–H groups in total. The highest BCUT2D eigenvalue weighted by Crippen LogP contribution is 2.13. The maximum atomic E-state index is 12.1. The molecule has 1 rings (SSSR count). The third-order valence-corrected chi connectivity index (χ3v) is 2.88. The topological polar surface area (TPSA) is 142 Å². The summed E-state index contributed by atoms with van der Waals surface area (Å²) in [5, 5.41) is 13.1. The number of carbonyl (C=O) groups excluding carboxylic acids is 3. The molecule has 0 saturated heterocycles. The maximum absolute atomic E-state index is 12.1. The molecule has 2 amide bonds. The van der Waals surface area contributed by atoms with Gasteiger partial charge in [0.05, 0.1) is 11.5 Å². The van der Waals surface area contributed by atoms with Gasteiger partial charge in [-0.15, -0.1) is 0 Å². The highest BCUT2D eigenvalue weighted by Gasteiger charge is 2.19. The second-order valence-electron chi connectivity index (χ2n) is 4.63. The number of rotatable bonds is 8. The van der Waals surface area contributed by atoms with E-state index in [1.54, 1.807) is 6.92 Å². The first-order valence-corrected chi connectivity index (χ1v) is 7.03. The molecule has 0 bridgehead atoms. The molecule has 0 aliphatic rings. The molecule has 0 aliphatic heterocycles. The highest BCUT2D eigenvalue weighted by atomic mass is 16.6. The summed E-state index contributed by atoms with van der Waals surface area (Å²) in [7, 11) is 0. The zero-order chi connectivity index (χ0) is 18.1. The van der Waals surface area contributed by atoms with E-state index in [4.69, 9.17) is 5.73 Å². The average molecular weight is 335 g/mol. The molecule has 24 heavy (non-hydrogen) atoms. The van der Waals surface area contributed by atoms with Gasteiger partial charge in [0, 0.05) is 23.8 Å². The largest absolute Gasteiger partial charge is 0.463 e. The SMILES string of the molecule is CCOC(=O)/C=C/C[C@@H](NC(=O)c1cccc([N+](=O)[O-])c1)C(N)=O. The third-order valence-electron chi connectivity index (χ3n) is 2.88. The first-order chi connectivity index (χ1) is 11.3. The molecule has 0 unspecified atom stereocenters. The minimum absolute atomic E-state index is 0.0184. The summed E-state index contributed by atoms with van der Waals surface area (Å²) < 4.78 is 4.68. The number of ether oxygens (including phenoxy) is 1. The Morgan fingerprint density at radius 2 is 2.12 bits per heavy atom. The Morgan fingerprint density at radius 1 is 1.42 bits per heavy atom. The lowest BCUT2D eigenvalue weighted by Gasteiger charge is -2.13. The lowest BCUT2D eigenvalue weighted by atomic mass is 10.1.